The second-order valence-corrected chi connectivity index (χ2v) is 4.31. The quantitative estimate of drug-likeness (QED) is 0.644. The molecule has 0 aromatic carbocycles. The predicted molar refractivity (Wildman–Crippen MR) is 56.0 cm³/mol. The molecule has 0 saturated heterocycles. The Kier molecular flexibility index (Phi) is 3.79. The molecule has 6 nitrogen and oxygen atoms in total. The van der Waals surface area contributed by atoms with Gasteiger partial charge >= 0.3 is 0 Å². The van der Waals surface area contributed by atoms with Crippen molar-refractivity contribution in [2.24, 2.45) is 0 Å². The number of aromatic amines is 1. The van der Waals surface area contributed by atoms with Crippen molar-refractivity contribution in [1.82, 2.24) is 25.8 Å². The molecule has 1 heterocycles. The van der Waals surface area contributed by atoms with E-state index in [0.29, 0.717) is 18.9 Å². The van der Waals surface area contributed by atoms with Gasteiger partial charge in [0, 0.05) is 5.54 Å². The van der Waals surface area contributed by atoms with Crippen molar-refractivity contribution in [1.29, 1.82) is 0 Å². The van der Waals surface area contributed by atoms with Crippen molar-refractivity contribution >= 4 is 5.91 Å². The lowest BCUT2D eigenvalue weighted by Gasteiger charge is -2.19. The van der Waals surface area contributed by atoms with Crippen molar-refractivity contribution in [3.05, 3.63) is 12.2 Å². The fraction of sp³-hybridized carbons (Fsp3) is 0.667. The van der Waals surface area contributed by atoms with Gasteiger partial charge in [-0.15, -0.1) is 0 Å². The number of nitrogens with zero attached hydrogens (tertiary/aromatic N) is 2. The van der Waals surface area contributed by atoms with E-state index in [1.54, 1.807) is 0 Å². The fourth-order valence-corrected chi connectivity index (χ4v) is 0.906. The number of hydrogen-bond donors (Lipinski definition) is 3. The first-order chi connectivity index (χ1) is 6.97. The van der Waals surface area contributed by atoms with E-state index < -0.39 is 0 Å². The summed E-state index contributed by atoms with van der Waals surface area (Å²) in [6.45, 7) is 6.71. The van der Waals surface area contributed by atoms with Crippen LogP contribution in [0, 0.1) is 0 Å². The minimum absolute atomic E-state index is 0.0520. The van der Waals surface area contributed by atoms with Crippen LogP contribution in [0.1, 0.15) is 26.6 Å². The van der Waals surface area contributed by atoms with Crippen LogP contribution in [0.5, 0.6) is 0 Å². The molecule has 1 amide bonds. The molecule has 0 aliphatic rings. The number of aromatic nitrogens is 3. The number of rotatable bonds is 4. The van der Waals surface area contributed by atoms with Crippen LogP contribution in [0.2, 0.25) is 0 Å². The van der Waals surface area contributed by atoms with Gasteiger partial charge in [-0.2, -0.15) is 5.10 Å². The highest BCUT2D eigenvalue weighted by atomic mass is 16.1. The Labute approximate surface area is 88.9 Å². The van der Waals surface area contributed by atoms with Crippen LogP contribution in [0.3, 0.4) is 0 Å². The summed E-state index contributed by atoms with van der Waals surface area (Å²) >= 11 is 0. The Bertz CT molecular complexity index is 301. The van der Waals surface area contributed by atoms with E-state index in [9.17, 15) is 4.79 Å². The SMILES string of the molecule is CC(C)(C)NCC(=O)NCc1ncn[nH]1. The molecule has 0 aliphatic carbocycles. The van der Waals surface area contributed by atoms with E-state index in [1.807, 2.05) is 20.8 Å². The molecule has 0 spiro atoms. The van der Waals surface area contributed by atoms with Gasteiger partial charge in [0.15, 0.2) is 0 Å². The first kappa shape index (κ1) is 11.6. The number of carbonyl (C=O) groups excluding carboxylic acids is 1. The predicted octanol–water partition coefficient (Wildman–Crippen LogP) is -0.191. The zero-order chi connectivity index (χ0) is 11.3. The number of amides is 1. The third kappa shape index (κ3) is 5.11. The summed E-state index contributed by atoms with van der Waals surface area (Å²) < 4.78 is 0. The van der Waals surface area contributed by atoms with Crippen LogP contribution in [0.15, 0.2) is 6.33 Å². The van der Waals surface area contributed by atoms with Gasteiger partial charge in [0.1, 0.15) is 12.2 Å². The number of H-pyrrole nitrogens is 1. The summed E-state index contributed by atoms with van der Waals surface area (Å²) in [6.07, 6.45) is 1.41. The van der Waals surface area contributed by atoms with E-state index in [-0.39, 0.29) is 11.4 Å². The Balaban J connectivity index is 2.20. The summed E-state index contributed by atoms with van der Waals surface area (Å²) in [6, 6.07) is 0. The first-order valence-corrected chi connectivity index (χ1v) is 4.83. The van der Waals surface area contributed by atoms with Gasteiger partial charge in [0.25, 0.3) is 0 Å². The monoisotopic (exact) mass is 211 g/mol. The largest absolute Gasteiger partial charge is 0.348 e. The first-order valence-electron chi connectivity index (χ1n) is 4.83. The van der Waals surface area contributed by atoms with E-state index >= 15 is 0 Å². The standard InChI is InChI=1S/C9H17N5O/c1-9(2,3)12-5-8(15)10-4-7-11-6-13-14-7/h6,12H,4-5H2,1-3H3,(H,10,15)(H,11,13,14). The minimum atomic E-state index is -0.0543. The molecule has 1 aromatic rings. The molecule has 0 radical (unpaired) electrons. The molecular weight excluding hydrogens is 194 g/mol. The average molecular weight is 211 g/mol. The maximum absolute atomic E-state index is 11.3. The third-order valence-corrected chi connectivity index (χ3v) is 1.70. The van der Waals surface area contributed by atoms with Gasteiger partial charge in [0.05, 0.1) is 13.1 Å². The summed E-state index contributed by atoms with van der Waals surface area (Å²) in [5.74, 6) is 0.598. The minimum Gasteiger partial charge on any atom is -0.348 e. The van der Waals surface area contributed by atoms with Crippen molar-refractivity contribution < 1.29 is 4.79 Å². The summed E-state index contributed by atoms with van der Waals surface area (Å²) in [5, 5.41) is 12.2. The highest BCUT2D eigenvalue weighted by Gasteiger charge is 2.10. The van der Waals surface area contributed by atoms with E-state index in [1.165, 1.54) is 6.33 Å². The molecule has 0 bridgehead atoms. The Hall–Kier alpha value is -1.43. The van der Waals surface area contributed by atoms with Gasteiger partial charge < -0.3 is 10.6 Å². The molecule has 84 valence electrons. The van der Waals surface area contributed by atoms with Crippen LogP contribution >= 0.6 is 0 Å². The van der Waals surface area contributed by atoms with Crippen molar-refractivity contribution in [3.63, 3.8) is 0 Å². The molecule has 1 aromatic heterocycles. The number of hydrogen-bond acceptors (Lipinski definition) is 4. The molecular formula is C9H17N5O. The zero-order valence-electron chi connectivity index (χ0n) is 9.29. The van der Waals surface area contributed by atoms with Crippen LogP contribution in [0.4, 0.5) is 0 Å². The molecule has 0 unspecified atom stereocenters. The molecule has 0 fully saturated rings. The van der Waals surface area contributed by atoms with Gasteiger partial charge in [-0.05, 0) is 20.8 Å². The van der Waals surface area contributed by atoms with Gasteiger partial charge in [-0.1, -0.05) is 0 Å². The van der Waals surface area contributed by atoms with Crippen LogP contribution in [-0.2, 0) is 11.3 Å². The second-order valence-electron chi connectivity index (χ2n) is 4.31. The van der Waals surface area contributed by atoms with Gasteiger partial charge in [0.2, 0.25) is 5.91 Å². The van der Waals surface area contributed by atoms with Crippen molar-refractivity contribution in [3.8, 4) is 0 Å². The van der Waals surface area contributed by atoms with Crippen LogP contribution in [0.25, 0.3) is 0 Å². The Morgan fingerprint density at radius 2 is 2.27 bits per heavy atom. The molecule has 6 heteroatoms. The van der Waals surface area contributed by atoms with Crippen LogP contribution < -0.4 is 10.6 Å². The highest BCUT2D eigenvalue weighted by molar-refractivity contribution is 5.77. The normalized spacial score (nSPS) is 11.4. The summed E-state index contributed by atoms with van der Waals surface area (Å²) in [7, 11) is 0. The van der Waals surface area contributed by atoms with Gasteiger partial charge in [-0.3, -0.25) is 9.89 Å². The molecule has 0 aliphatic heterocycles. The van der Waals surface area contributed by atoms with E-state index in [2.05, 4.69) is 25.8 Å². The Morgan fingerprint density at radius 3 is 2.80 bits per heavy atom. The number of nitrogens with one attached hydrogen (secondary N) is 3. The second kappa shape index (κ2) is 4.88. The van der Waals surface area contributed by atoms with E-state index in [0.717, 1.165) is 0 Å². The zero-order valence-corrected chi connectivity index (χ0v) is 9.29. The summed E-state index contributed by atoms with van der Waals surface area (Å²) in [4.78, 5) is 15.2. The lowest BCUT2D eigenvalue weighted by Crippen LogP contribution is -2.43. The average Bonchev–Trinajstić information content (AvgIpc) is 2.62. The fourth-order valence-electron chi connectivity index (χ4n) is 0.906. The molecule has 1 rings (SSSR count). The third-order valence-electron chi connectivity index (χ3n) is 1.70. The van der Waals surface area contributed by atoms with E-state index in [4.69, 9.17) is 0 Å². The molecule has 15 heavy (non-hydrogen) atoms. The van der Waals surface area contributed by atoms with Crippen LogP contribution in [-0.4, -0.2) is 33.2 Å². The smallest absolute Gasteiger partial charge is 0.234 e. The maximum atomic E-state index is 11.3. The Morgan fingerprint density at radius 1 is 1.53 bits per heavy atom. The van der Waals surface area contributed by atoms with Gasteiger partial charge in [-0.25, -0.2) is 4.98 Å². The molecule has 0 atom stereocenters. The highest BCUT2D eigenvalue weighted by Crippen LogP contribution is 1.96. The maximum Gasteiger partial charge on any atom is 0.234 e. The van der Waals surface area contributed by atoms with Crippen molar-refractivity contribution in [2.75, 3.05) is 6.54 Å². The lowest BCUT2D eigenvalue weighted by molar-refractivity contribution is -0.120. The van der Waals surface area contributed by atoms with Crippen molar-refractivity contribution in [2.45, 2.75) is 32.9 Å². The topological polar surface area (TPSA) is 82.7 Å². The number of carbonyl (C=O) groups is 1. The lowest BCUT2D eigenvalue weighted by atomic mass is 10.1. The summed E-state index contributed by atoms with van der Waals surface area (Å²) in [5.41, 5.74) is -0.0520. The molecule has 0 saturated carbocycles. The molecule has 3 N–H and O–H groups in total.